The van der Waals surface area contributed by atoms with Crippen LogP contribution in [0, 0.1) is 5.92 Å². The highest BCUT2D eigenvalue weighted by Crippen LogP contribution is 2.21. The first-order valence-electron chi connectivity index (χ1n) is 8.64. The second-order valence-electron chi connectivity index (χ2n) is 7.59. The van der Waals surface area contributed by atoms with Crippen LogP contribution in [0.1, 0.15) is 45.7 Å². The smallest absolute Gasteiger partial charge is 0.310 e. The van der Waals surface area contributed by atoms with Crippen molar-refractivity contribution in [2.45, 2.75) is 45.8 Å². The predicted molar refractivity (Wildman–Crippen MR) is 98.4 cm³/mol. The van der Waals surface area contributed by atoms with E-state index in [0.717, 1.165) is 18.5 Å². The molecule has 1 heterocycles. The van der Waals surface area contributed by atoms with Crippen LogP contribution < -0.4 is 5.32 Å². The molecule has 6 heteroatoms. The van der Waals surface area contributed by atoms with Gasteiger partial charge < -0.3 is 10.1 Å². The molecule has 1 saturated heterocycles. The molecule has 0 bridgehead atoms. The summed E-state index contributed by atoms with van der Waals surface area (Å²) in [6.07, 6.45) is 0.731. The molecule has 1 fully saturated rings. The summed E-state index contributed by atoms with van der Waals surface area (Å²) in [6.45, 7) is 9.12. The maximum atomic E-state index is 12.3. The summed E-state index contributed by atoms with van der Waals surface area (Å²) in [4.78, 5) is 26.4. The van der Waals surface area contributed by atoms with Gasteiger partial charge in [-0.05, 0) is 58.4 Å². The molecule has 1 aliphatic heterocycles. The minimum atomic E-state index is -0.476. The Morgan fingerprint density at radius 2 is 1.96 bits per heavy atom. The molecule has 2 atom stereocenters. The minimum absolute atomic E-state index is 0.0488. The molecule has 25 heavy (non-hydrogen) atoms. The molecule has 1 aromatic carbocycles. The third kappa shape index (κ3) is 6.33. The van der Waals surface area contributed by atoms with E-state index in [1.807, 2.05) is 56.9 Å². The molecule has 2 unspecified atom stereocenters. The summed E-state index contributed by atoms with van der Waals surface area (Å²) in [5, 5.41) is 3.66. The van der Waals surface area contributed by atoms with Crippen molar-refractivity contribution < 1.29 is 14.3 Å². The summed E-state index contributed by atoms with van der Waals surface area (Å²) < 4.78 is 5.43. The standard InChI is InChI=1S/C19H27ClN2O3/c1-13(14-5-7-16(20)8-6-14)21-17(23)12-22-10-9-15(11-22)18(24)25-19(2,3)4/h5-8,13,15H,9-12H2,1-4H3,(H,21,23). The number of likely N-dealkylation sites (tertiary alicyclic amines) is 1. The second kappa shape index (κ2) is 8.19. The Hall–Kier alpha value is -1.59. The van der Waals surface area contributed by atoms with Crippen molar-refractivity contribution in [2.75, 3.05) is 19.6 Å². The summed E-state index contributed by atoms with van der Waals surface area (Å²) in [5.41, 5.74) is 0.529. The zero-order valence-electron chi connectivity index (χ0n) is 15.3. The van der Waals surface area contributed by atoms with Crippen LogP contribution in [-0.4, -0.2) is 42.0 Å². The highest BCUT2D eigenvalue weighted by Gasteiger charge is 2.32. The molecule has 1 aliphatic rings. The van der Waals surface area contributed by atoms with Gasteiger partial charge in [-0.25, -0.2) is 0 Å². The number of nitrogens with one attached hydrogen (secondary N) is 1. The van der Waals surface area contributed by atoms with Crippen molar-refractivity contribution in [3.63, 3.8) is 0 Å². The number of rotatable bonds is 5. The summed E-state index contributed by atoms with van der Waals surface area (Å²) in [7, 11) is 0. The average molecular weight is 367 g/mol. The Kier molecular flexibility index (Phi) is 6.47. The Bertz CT molecular complexity index is 610. The number of ether oxygens (including phenoxy) is 1. The van der Waals surface area contributed by atoms with Crippen LogP contribution in [0.2, 0.25) is 5.02 Å². The zero-order valence-corrected chi connectivity index (χ0v) is 16.1. The lowest BCUT2D eigenvalue weighted by Crippen LogP contribution is -2.38. The number of hydrogen-bond donors (Lipinski definition) is 1. The van der Waals surface area contributed by atoms with Gasteiger partial charge in [-0.15, -0.1) is 0 Å². The largest absolute Gasteiger partial charge is 0.460 e. The van der Waals surface area contributed by atoms with Gasteiger partial charge in [-0.1, -0.05) is 23.7 Å². The van der Waals surface area contributed by atoms with Crippen LogP contribution in [0.4, 0.5) is 0 Å². The van der Waals surface area contributed by atoms with Crippen LogP contribution in [-0.2, 0) is 14.3 Å². The first kappa shape index (κ1) is 19.7. The van der Waals surface area contributed by atoms with E-state index in [0.29, 0.717) is 11.6 Å². The molecule has 1 aromatic rings. The number of esters is 1. The number of carbonyl (C=O) groups is 2. The van der Waals surface area contributed by atoms with E-state index in [1.165, 1.54) is 0 Å². The van der Waals surface area contributed by atoms with Gasteiger partial charge >= 0.3 is 5.97 Å². The lowest BCUT2D eigenvalue weighted by atomic mass is 10.1. The number of benzene rings is 1. The lowest BCUT2D eigenvalue weighted by Gasteiger charge is -2.22. The van der Waals surface area contributed by atoms with Crippen molar-refractivity contribution in [1.82, 2.24) is 10.2 Å². The molecular weight excluding hydrogens is 340 g/mol. The van der Waals surface area contributed by atoms with E-state index in [2.05, 4.69) is 5.32 Å². The zero-order chi connectivity index (χ0) is 18.6. The van der Waals surface area contributed by atoms with Gasteiger partial charge in [0.15, 0.2) is 0 Å². The molecule has 1 amide bonds. The maximum Gasteiger partial charge on any atom is 0.310 e. The normalized spacial score (nSPS) is 19.5. The van der Waals surface area contributed by atoms with E-state index in [1.54, 1.807) is 0 Å². The molecule has 5 nitrogen and oxygen atoms in total. The van der Waals surface area contributed by atoms with Gasteiger partial charge in [0.1, 0.15) is 5.60 Å². The van der Waals surface area contributed by atoms with Crippen molar-refractivity contribution in [1.29, 1.82) is 0 Å². The maximum absolute atomic E-state index is 12.3. The third-order valence-electron chi connectivity index (χ3n) is 4.13. The van der Waals surface area contributed by atoms with Gasteiger partial charge in [0, 0.05) is 11.6 Å². The second-order valence-corrected chi connectivity index (χ2v) is 8.03. The van der Waals surface area contributed by atoms with Crippen molar-refractivity contribution >= 4 is 23.5 Å². The van der Waals surface area contributed by atoms with E-state index >= 15 is 0 Å². The summed E-state index contributed by atoms with van der Waals surface area (Å²) in [5.74, 6) is -0.377. The topological polar surface area (TPSA) is 58.6 Å². The molecule has 138 valence electrons. The summed E-state index contributed by atoms with van der Waals surface area (Å²) >= 11 is 5.88. The molecule has 0 aliphatic carbocycles. The number of carbonyl (C=O) groups excluding carboxylic acids is 2. The number of amides is 1. The van der Waals surface area contributed by atoms with Gasteiger partial charge in [0.25, 0.3) is 0 Å². The highest BCUT2D eigenvalue weighted by atomic mass is 35.5. The first-order chi connectivity index (χ1) is 11.6. The molecular formula is C19H27ClN2O3. The molecule has 0 radical (unpaired) electrons. The fraction of sp³-hybridized carbons (Fsp3) is 0.579. The van der Waals surface area contributed by atoms with Gasteiger partial charge in [0.05, 0.1) is 18.5 Å². The highest BCUT2D eigenvalue weighted by molar-refractivity contribution is 6.30. The SMILES string of the molecule is CC(NC(=O)CN1CCC(C(=O)OC(C)(C)C)C1)c1ccc(Cl)cc1. The van der Waals surface area contributed by atoms with Crippen molar-refractivity contribution in [2.24, 2.45) is 5.92 Å². The monoisotopic (exact) mass is 366 g/mol. The van der Waals surface area contributed by atoms with E-state index < -0.39 is 5.60 Å². The Morgan fingerprint density at radius 1 is 1.32 bits per heavy atom. The van der Waals surface area contributed by atoms with Gasteiger partial charge in [0.2, 0.25) is 5.91 Å². The third-order valence-corrected chi connectivity index (χ3v) is 4.38. The first-order valence-corrected chi connectivity index (χ1v) is 9.02. The van der Waals surface area contributed by atoms with Crippen LogP contribution in [0.5, 0.6) is 0 Å². The molecule has 1 N–H and O–H groups in total. The average Bonchev–Trinajstić information content (AvgIpc) is 2.94. The minimum Gasteiger partial charge on any atom is -0.460 e. The van der Waals surface area contributed by atoms with Crippen LogP contribution >= 0.6 is 11.6 Å². The Balaban J connectivity index is 1.79. The van der Waals surface area contributed by atoms with Gasteiger partial charge in [-0.3, -0.25) is 14.5 Å². The van der Waals surface area contributed by atoms with Crippen LogP contribution in [0.25, 0.3) is 0 Å². The summed E-state index contributed by atoms with van der Waals surface area (Å²) in [6, 6.07) is 7.34. The van der Waals surface area contributed by atoms with Gasteiger partial charge in [-0.2, -0.15) is 0 Å². The van der Waals surface area contributed by atoms with Crippen molar-refractivity contribution in [3.8, 4) is 0 Å². The predicted octanol–water partition coefficient (Wildman–Crippen LogP) is 3.18. The van der Waals surface area contributed by atoms with E-state index in [9.17, 15) is 9.59 Å². The quantitative estimate of drug-likeness (QED) is 0.813. The number of nitrogens with zero attached hydrogens (tertiary/aromatic N) is 1. The lowest BCUT2D eigenvalue weighted by molar-refractivity contribution is -0.159. The molecule has 0 saturated carbocycles. The fourth-order valence-corrected chi connectivity index (χ4v) is 3.00. The fourth-order valence-electron chi connectivity index (χ4n) is 2.88. The Morgan fingerprint density at radius 3 is 2.56 bits per heavy atom. The number of halogens is 1. The van der Waals surface area contributed by atoms with Crippen molar-refractivity contribution in [3.05, 3.63) is 34.9 Å². The van der Waals surface area contributed by atoms with Crippen LogP contribution in [0.15, 0.2) is 24.3 Å². The molecule has 2 rings (SSSR count). The van der Waals surface area contributed by atoms with Crippen LogP contribution in [0.3, 0.4) is 0 Å². The Labute approximate surface area is 154 Å². The van der Waals surface area contributed by atoms with E-state index in [-0.39, 0.29) is 30.4 Å². The van der Waals surface area contributed by atoms with E-state index in [4.69, 9.17) is 16.3 Å². The molecule has 0 spiro atoms. The molecule has 0 aromatic heterocycles. The number of hydrogen-bond acceptors (Lipinski definition) is 4.